The molecule has 0 atom stereocenters. The second-order valence-corrected chi connectivity index (χ2v) is 2.36. The number of fused-ring (bicyclic) bond motifs is 1. The van der Waals surface area contributed by atoms with Crippen LogP contribution in [0.1, 0.15) is 10.6 Å². The molecule has 0 saturated carbocycles. The predicted molar refractivity (Wildman–Crippen MR) is 42.5 cm³/mol. The number of rotatable bonds is 1. The molecule has 0 radical (unpaired) electrons. The van der Waals surface area contributed by atoms with E-state index in [-0.39, 0.29) is 5.76 Å². The number of amides is 1. The van der Waals surface area contributed by atoms with Crippen molar-refractivity contribution in [3.8, 4) is 0 Å². The second kappa shape index (κ2) is 2.34. The number of carbonyl (C=O) groups excluding carboxylic acids is 1. The zero-order chi connectivity index (χ0) is 8.55. The second-order valence-electron chi connectivity index (χ2n) is 2.36. The summed E-state index contributed by atoms with van der Waals surface area (Å²) in [5.41, 5.74) is 6.24. The number of nitrogens with two attached hydrogens (primary N) is 1. The molecule has 0 aliphatic rings. The molecular formula is C8H6N2O2. The monoisotopic (exact) mass is 162 g/mol. The Morgan fingerprint density at radius 1 is 1.58 bits per heavy atom. The fourth-order valence-electron chi connectivity index (χ4n) is 0.991. The molecule has 2 rings (SSSR count). The lowest BCUT2D eigenvalue weighted by atomic mass is 10.4. The van der Waals surface area contributed by atoms with Gasteiger partial charge in [-0.05, 0) is 12.1 Å². The quantitative estimate of drug-likeness (QED) is 0.678. The molecule has 12 heavy (non-hydrogen) atoms. The van der Waals surface area contributed by atoms with Gasteiger partial charge in [-0.1, -0.05) is 0 Å². The average molecular weight is 162 g/mol. The number of carbonyl (C=O) groups is 1. The van der Waals surface area contributed by atoms with Crippen molar-refractivity contribution in [2.75, 3.05) is 0 Å². The third-order valence-corrected chi connectivity index (χ3v) is 1.53. The molecule has 0 aliphatic carbocycles. The van der Waals surface area contributed by atoms with Crippen LogP contribution in [-0.4, -0.2) is 10.9 Å². The van der Waals surface area contributed by atoms with Gasteiger partial charge in [-0.2, -0.15) is 0 Å². The van der Waals surface area contributed by atoms with Gasteiger partial charge in [-0.3, -0.25) is 9.78 Å². The highest BCUT2D eigenvalue weighted by Crippen LogP contribution is 2.15. The van der Waals surface area contributed by atoms with E-state index in [0.717, 1.165) is 0 Å². The number of pyridine rings is 1. The van der Waals surface area contributed by atoms with Crippen molar-refractivity contribution in [2.45, 2.75) is 0 Å². The van der Waals surface area contributed by atoms with Gasteiger partial charge >= 0.3 is 0 Å². The Bertz CT molecular complexity index is 400. The van der Waals surface area contributed by atoms with E-state index in [1.807, 2.05) is 0 Å². The molecule has 2 heterocycles. The van der Waals surface area contributed by atoms with E-state index < -0.39 is 5.91 Å². The molecule has 4 heteroatoms. The minimum Gasteiger partial charge on any atom is -0.449 e. The third-order valence-electron chi connectivity index (χ3n) is 1.53. The van der Waals surface area contributed by atoms with Gasteiger partial charge in [-0.15, -0.1) is 0 Å². The Morgan fingerprint density at radius 2 is 2.42 bits per heavy atom. The van der Waals surface area contributed by atoms with Crippen LogP contribution >= 0.6 is 0 Å². The minimum atomic E-state index is -0.576. The van der Waals surface area contributed by atoms with Crippen molar-refractivity contribution in [1.29, 1.82) is 0 Å². The number of furan rings is 1. The molecular weight excluding hydrogens is 156 g/mol. The number of hydrogen-bond donors (Lipinski definition) is 1. The van der Waals surface area contributed by atoms with Gasteiger partial charge in [0.15, 0.2) is 11.3 Å². The van der Waals surface area contributed by atoms with E-state index in [1.165, 1.54) is 6.07 Å². The first-order chi connectivity index (χ1) is 5.77. The summed E-state index contributed by atoms with van der Waals surface area (Å²) in [6, 6.07) is 4.99. The number of nitrogens with zero attached hydrogens (tertiary/aromatic N) is 1. The van der Waals surface area contributed by atoms with E-state index in [9.17, 15) is 4.79 Å². The van der Waals surface area contributed by atoms with Crippen LogP contribution in [0.15, 0.2) is 28.8 Å². The Balaban J connectivity index is 2.70. The molecule has 0 saturated heterocycles. The number of hydrogen-bond acceptors (Lipinski definition) is 3. The van der Waals surface area contributed by atoms with Crippen LogP contribution in [0, 0.1) is 0 Å². The smallest absolute Gasteiger partial charge is 0.284 e. The van der Waals surface area contributed by atoms with Crippen LogP contribution in [0.5, 0.6) is 0 Å². The Hall–Kier alpha value is -1.84. The van der Waals surface area contributed by atoms with E-state index in [4.69, 9.17) is 10.2 Å². The summed E-state index contributed by atoms with van der Waals surface area (Å²) in [5.74, 6) is -0.434. The maximum Gasteiger partial charge on any atom is 0.284 e. The molecule has 1 amide bonds. The van der Waals surface area contributed by atoms with Gasteiger partial charge in [0.25, 0.3) is 5.91 Å². The highest BCUT2D eigenvalue weighted by atomic mass is 16.3. The minimum absolute atomic E-state index is 0.142. The van der Waals surface area contributed by atoms with Crippen LogP contribution in [-0.2, 0) is 0 Å². The number of primary amides is 1. The lowest BCUT2D eigenvalue weighted by Crippen LogP contribution is -2.08. The van der Waals surface area contributed by atoms with Gasteiger partial charge in [-0.25, -0.2) is 0 Å². The summed E-state index contributed by atoms with van der Waals surface area (Å²) in [7, 11) is 0. The molecule has 0 bridgehead atoms. The lowest BCUT2D eigenvalue weighted by molar-refractivity contribution is 0.0976. The topological polar surface area (TPSA) is 69.1 Å². The molecule has 2 aromatic heterocycles. The predicted octanol–water partition coefficient (Wildman–Crippen LogP) is 0.927. The highest BCUT2D eigenvalue weighted by molar-refractivity contribution is 5.93. The molecule has 0 spiro atoms. The van der Waals surface area contributed by atoms with E-state index in [2.05, 4.69) is 4.98 Å². The summed E-state index contributed by atoms with van der Waals surface area (Å²) in [6.07, 6.45) is 1.63. The molecule has 0 aromatic carbocycles. The summed E-state index contributed by atoms with van der Waals surface area (Å²) < 4.78 is 5.09. The van der Waals surface area contributed by atoms with Crippen molar-refractivity contribution >= 4 is 17.0 Å². The molecule has 4 nitrogen and oxygen atoms in total. The Labute approximate surface area is 68.0 Å². The fraction of sp³-hybridized carbons (Fsp3) is 0. The van der Waals surface area contributed by atoms with Crippen LogP contribution in [0.2, 0.25) is 0 Å². The maximum atomic E-state index is 10.7. The number of aromatic nitrogens is 1. The molecule has 0 fully saturated rings. The average Bonchev–Trinajstić information content (AvgIpc) is 2.46. The fourth-order valence-corrected chi connectivity index (χ4v) is 0.991. The maximum absolute atomic E-state index is 10.7. The Morgan fingerprint density at radius 3 is 3.08 bits per heavy atom. The largest absolute Gasteiger partial charge is 0.449 e. The van der Waals surface area contributed by atoms with Crippen molar-refractivity contribution in [3.63, 3.8) is 0 Å². The van der Waals surface area contributed by atoms with Crippen LogP contribution in [0.4, 0.5) is 0 Å². The molecule has 0 aliphatic heterocycles. The standard InChI is InChI=1S/C8H6N2O2/c9-8(11)7-4-5-6(12-7)2-1-3-10-5/h1-4H,(H2,9,11). The van der Waals surface area contributed by atoms with Gasteiger partial charge in [0.1, 0.15) is 5.52 Å². The third kappa shape index (κ3) is 0.934. The summed E-state index contributed by atoms with van der Waals surface area (Å²) in [6.45, 7) is 0. The van der Waals surface area contributed by atoms with E-state index in [0.29, 0.717) is 11.1 Å². The first-order valence-corrected chi connectivity index (χ1v) is 3.42. The molecule has 60 valence electrons. The van der Waals surface area contributed by atoms with Crippen LogP contribution in [0.25, 0.3) is 11.1 Å². The van der Waals surface area contributed by atoms with Crippen molar-refractivity contribution in [1.82, 2.24) is 4.98 Å². The zero-order valence-corrected chi connectivity index (χ0v) is 6.15. The summed E-state index contributed by atoms with van der Waals surface area (Å²) in [4.78, 5) is 14.7. The van der Waals surface area contributed by atoms with E-state index in [1.54, 1.807) is 18.3 Å². The normalized spacial score (nSPS) is 10.3. The van der Waals surface area contributed by atoms with Crippen molar-refractivity contribution < 1.29 is 9.21 Å². The molecule has 0 unspecified atom stereocenters. The van der Waals surface area contributed by atoms with Gasteiger partial charge in [0.05, 0.1) is 0 Å². The van der Waals surface area contributed by atoms with Gasteiger partial charge in [0.2, 0.25) is 0 Å². The lowest BCUT2D eigenvalue weighted by Gasteiger charge is -1.83. The van der Waals surface area contributed by atoms with Gasteiger partial charge < -0.3 is 10.2 Å². The Kier molecular flexibility index (Phi) is 1.33. The van der Waals surface area contributed by atoms with Crippen LogP contribution in [0.3, 0.4) is 0 Å². The summed E-state index contributed by atoms with van der Waals surface area (Å²) in [5, 5.41) is 0. The van der Waals surface area contributed by atoms with Crippen LogP contribution < -0.4 is 5.73 Å². The van der Waals surface area contributed by atoms with E-state index >= 15 is 0 Å². The zero-order valence-electron chi connectivity index (χ0n) is 6.15. The van der Waals surface area contributed by atoms with Crippen molar-refractivity contribution in [2.24, 2.45) is 5.73 Å². The molecule has 2 aromatic rings. The molecule has 2 N–H and O–H groups in total. The highest BCUT2D eigenvalue weighted by Gasteiger charge is 2.07. The van der Waals surface area contributed by atoms with Crippen molar-refractivity contribution in [3.05, 3.63) is 30.2 Å². The SMILES string of the molecule is NC(=O)c1cc2ncccc2o1. The first-order valence-electron chi connectivity index (χ1n) is 3.42. The van der Waals surface area contributed by atoms with Gasteiger partial charge in [0, 0.05) is 12.3 Å². The first kappa shape index (κ1) is 6.84. The summed E-state index contributed by atoms with van der Waals surface area (Å²) >= 11 is 0.